The topological polar surface area (TPSA) is 187 Å². The Morgan fingerprint density at radius 1 is 1.10 bits per heavy atom. The van der Waals surface area contributed by atoms with Crippen molar-refractivity contribution in [2.24, 2.45) is 0 Å². The highest BCUT2D eigenvalue weighted by atomic mass is 35.5. The van der Waals surface area contributed by atoms with Crippen molar-refractivity contribution in [2.75, 3.05) is 25.6 Å². The van der Waals surface area contributed by atoms with Gasteiger partial charge in [-0.1, -0.05) is 17.7 Å². The van der Waals surface area contributed by atoms with Crippen molar-refractivity contribution in [2.45, 2.75) is 31.9 Å². The van der Waals surface area contributed by atoms with Crippen molar-refractivity contribution in [1.82, 2.24) is 10.3 Å². The molecule has 0 aliphatic carbocycles. The van der Waals surface area contributed by atoms with Crippen LogP contribution in [0.5, 0.6) is 11.5 Å². The molecule has 208 valence electrons. The number of carbonyl (C=O) groups excluding carboxylic acids is 2. The highest BCUT2D eigenvalue weighted by Gasteiger charge is 2.16. The number of carboxylic acid groups (broad SMARTS) is 1. The van der Waals surface area contributed by atoms with Crippen LogP contribution in [0.1, 0.15) is 36.5 Å². The van der Waals surface area contributed by atoms with Crippen LogP contribution in [-0.4, -0.2) is 58.4 Å². The standard InChI is InChI=1S/C26H28ClN3O9/c1-38-21-11-18(29-23(34)8-9-39-25(37)7-6-24(35)36)17(27)10-14(21)12-28-13-20(32)15-2-4-19(31)26-16(15)3-5-22(33)30-26/h2-5,10-11,20,28,31-32H,6-9,12-13H2,1H3,(H,29,34)(H,30,33)(H,35,36). The number of phenols is 1. The molecule has 6 N–H and O–H groups in total. The van der Waals surface area contributed by atoms with Crippen molar-refractivity contribution in [1.29, 1.82) is 0 Å². The van der Waals surface area contributed by atoms with Gasteiger partial charge in [0.05, 0.1) is 48.7 Å². The first kappa shape index (κ1) is 29.4. The number of halogens is 1. The number of rotatable bonds is 13. The molecule has 0 aliphatic heterocycles. The van der Waals surface area contributed by atoms with Gasteiger partial charge in [-0.25, -0.2) is 0 Å². The molecule has 2 aromatic carbocycles. The highest BCUT2D eigenvalue weighted by molar-refractivity contribution is 6.33. The number of aliphatic hydroxyl groups is 1. The fraction of sp³-hybridized carbons (Fsp3) is 0.308. The zero-order valence-corrected chi connectivity index (χ0v) is 21.7. The van der Waals surface area contributed by atoms with Crippen LogP contribution < -0.4 is 20.9 Å². The predicted octanol–water partition coefficient (Wildman–Crippen LogP) is 2.46. The first-order valence-corrected chi connectivity index (χ1v) is 12.2. The summed E-state index contributed by atoms with van der Waals surface area (Å²) in [4.78, 5) is 48.3. The van der Waals surface area contributed by atoms with Crippen LogP contribution in [0, 0.1) is 0 Å². The molecule has 0 saturated carbocycles. The third kappa shape index (κ3) is 8.18. The van der Waals surface area contributed by atoms with Gasteiger partial charge in [0.15, 0.2) is 0 Å². The second kappa shape index (κ2) is 13.6. The molecule has 3 rings (SSSR count). The number of methoxy groups -OCH3 is 1. The Morgan fingerprint density at radius 2 is 1.87 bits per heavy atom. The van der Waals surface area contributed by atoms with Gasteiger partial charge in [-0.15, -0.1) is 0 Å². The zero-order chi connectivity index (χ0) is 28.5. The molecule has 1 aromatic heterocycles. The number of H-pyrrole nitrogens is 1. The molecule has 0 fully saturated rings. The number of aliphatic carboxylic acids is 1. The van der Waals surface area contributed by atoms with E-state index < -0.39 is 23.9 Å². The molecule has 0 spiro atoms. The van der Waals surface area contributed by atoms with Crippen LogP contribution in [0.4, 0.5) is 5.69 Å². The number of aromatic amines is 1. The first-order valence-electron chi connectivity index (χ1n) is 11.9. The Balaban J connectivity index is 1.57. The number of phenolic OH excluding ortho intramolecular Hbond substituents is 1. The summed E-state index contributed by atoms with van der Waals surface area (Å²) in [5, 5.41) is 35.8. The third-order valence-corrected chi connectivity index (χ3v) is 6.01. The van der Waals surface area contributed by atoms with Gasteiger partial charge in [0, 0.05) is 36.2 Å². The number of carbonyl (C=O) groups is 3. The SMILES string of the molecule is COc1cc(NC(=O)CCOC(=O)CCC(=O)O)c(Cl)cc1CNCC(O)c1ccc(O)c2[nH]c(=O)ccc12. The lowest BCUT2D eigenvalue weighted by Crippen LogP contribution is -2.22. The molecule has 39 heavy (non-hydrogen) atoms. The van der Waals surface area contributed by atoms with E-state index in [9.17, 15) is 29.4 Å². The molecule has 0 aliphatic rings. The lowest BCUT2D eigenvalue weighted by Gasteiger charge is -2.17. The number of aromatic nitrogens is 1. The molecule has 12 nitrogen and oxygen atoms in total. The number of anilines is 1. The fourth-order valence-corrected chi connectivity index (χ4v) is 4.01. The normalized spacial score (nSPS) is 11.7. The molecule has 1 amide bonds. The van der Waals surface area contributed by atoms with Crippen molar-refractivity contribution in [3.8, 4) is 11.5 Å². The van der Waals surface area contributed by atoms with Crippen LogP contribution in [0.15, 0.2) is 41.2 Å². The summed E-state index contributed by atoms with van der Waals surface area (Å²) in [5.74, 6) is -1.98. The van der Waals surface area contributed by atoms with Gasteiger partial charge in [0.1, 0.15) is 18.1 Å². The number of amides is 1. The van der Waals surface area contributed by atoms with E-state index >= 15 is 0 Å². The van der Waals surface area contributed by atoms with Crippen molar-refractivity contribution >= 4 is 46.0 Å². The number of pyridine rings is 1. The van der Waals surface area contributed by atoms with E-state index in [2.05, 4.69) is 15.6 Å². The molecule has 1 heterocycles. The average molecular weight is 562 g/mol. The third-order valence-electron chi connectivity index (χ3n) is 5.70. The molecule has 0 radical (unpaired) electrons. The number of aromatic hydroxyl groups is 1. The summed E-state index contributed by atoms with van der Waals surface area (Å²) in [6.45, 7) is 0.173. The Hall–Kier alpha value is -4.13. The second-order valence-corrected chi connectivity index (χ2v) is 8.90. The number of benzene rings is 2. The molecular formula is C26H28ClN3O9. The molecular weight excluding hydrogens is 534 g/mol. The maximum absolute atomic E-state index is 12.2. The van der Waals surface area contributed by atoms with E-state index in [1.807, 2.05) is 0 Å². The predicted molar refractivity (Wildman–Crippen MR) is 142 cm³/mol. The minimum Gasteiger partial charge on any atom is -0.506 e. The number of fused-ring (bicyclic) bond motifs is 1. The molecule has 1 atom stereocenters. The van der Waals surface area contributed by atoms with E-state index in [0.29, 0.717) is 22.3 Å². The Kier molecular flexibility index (Phi) is 10.3. The number of esters is 1. The molecule has 13 heteroatoms. The Labute approximate surface area is 227 Å². The smallest absolute Gasteiger partial charge is 0.306 e. The largest absolute Gasteiger partial charge is 0.506 e. The van der Waals surface area contributed by atoms with Crippen molar-refractivity contribution < 1.29 is 39.2 Å². The number of ether oxygens (including phenoxy) is 2. The van der Waals surface area contributed by atoms with E-state index in [0.717, 1.165) is 0 Å². The monoisotopic (exact) mass is 561 g/mol. The van der Waals surface area contributed by atoms with Gasteiger partial charge in [-0.2, -0.15) is 0 Å². The van der Waals surface area contributed by atoms with Crippen LogP contribution in [0.3, 0.4) is 0 Å². The van der Waals surface area contributed by atoms with Gasteiger partial charge in [-0.05, 0) is 23.8 Å². The first-order chi connectivity index (χ1) is 18.6. The number of hydrogen-bond donors (Lipinski definition) is 6. The molecule has 1 unspecified atom stereocenters. The van der Waals surface area contributed by atoms with Gasteiger partial charge in [0.2, 0.25) is 11.5 Å². The quantitative estimate of drug-likeness (QED) is 0.169. The lowest BCUT2D eigenvalue weighted by molar-refractivity contribution is -0.148. The maximum Gasteiger partial charge on any atom is 0.306 e. The summed E-state index contributed by atoms with van der Waals surface area (Å²) in [6.07, 6.45) is -1.74. The van der Waals surface area contributed by atoms with Crippen molar-refractivity contribution in [3.05, 3.63) is 62.9 Å². The summed E-state index contributed by atoms with van der Waals surface area (Å²) < 4.78 is 10.3. The van der Waals surface area contributed by atoms with E-state index in [-0.39, 0.29) is 66.5 Å². The highest BCUT2D eigenvalue weighted by Crippen LogP contribution is 2.32. The number of hydrogen-bond acceptors (Lipinski definition) is 9. The van der Waals surface area contributed by atoms with Crippen LogP contribution >= 0.6 is 11.6 Å². The summed E-state index contributed by atoms with van der Waals surface area (Å²) >= 11 is 6.35. The lowest BCUT2D eigenvalue weighted by atomic mass is 10.0. The van der Waals surface area contributed by atoms with Crippen LogP contribution in [0.2, 0.25) is 5.02 Å². The van der Waals surface area contributed by atoms with E-state index in [1.54, 1.807) is 12.1 Å². The van der Waals surface area contributed by atoms with Gasteiger partial charge in [0.25, 0.3) is 0 Å². The number of aliphatic hydroxyl groups excluding tert-OH is 1. The number of carboxylic acids is 1. The van der Waals surface area contributed by atoms with Gasteiger partial charge in [-0.3, -0.25) is 19.2 Å². The summed E-state index contributed by atoms with van der Waals surface area (Å²) in [5.41, 5.74) is 1.32. The van der Waals surface area contributed by atoms with E-state index in [4.69, 9.17) is 26.2 Å². The van der Waals surface area contributed by atoms with Gasteiger partial charge >= 0.3 is 11.9 Å². The summed E-state index contributed by atoms with van der Waals surface area (Å²) in [7, 11) is 1.45. The molecule has 3 aromatic rings. The molecule has 0 bridgehead atoms. The zero-order valence-electron chi connectivity index (χ0n) is 21.0. The Bertz CT molecular complexity index is 1420. The minimum atomic E-state index is -1.12. The minimum absolute atomic E-state index is 0.102. The number of nitrogens with one attached hydrogen (secondary N) is 3. The summed E-state index contributed by atoms with van der Waals surface area (Å²) in [6, 6.07) is 8.96. The second-order valence-electron chi connectivity index (χ2n) is 8.49. The van der Waals surface area contributed by atoms with Crippen LogP contribution in [0.25, 0.3) is 10.9 Å². The van der Waals surface area contributed by atoms with E-state index in [1.165, 1.54) is 31.4 Å². The maximum atomic E-state index is 12.2. The Morgan fingerprint density at radius 3 is 2.59 bits per heavy atom. The van der Waals surface area contributed by atoms with Gasteiger partial charge < -0.3 is 40.4 Å². The van der Waals surface area contributed by atoms with Crippen molar-refractivity contribution in [3.63, 3.8) is 0 Å². The van der Waals surface area contributed by atoms with Crippen LogP contribution in [-0.2, 0) is 25.7 Å². The fourth-order valence-electron chi connectivity index (χ4n) is 3.77. The molecule has 0 saturated heterocycles. The average Bonchev–Trinajstić information content (AvgIpc) is 2.89.